The summed E-state index contributed by atoms with van der Waals surface area (Å²) in [5.41, 5.74) is 0.764. The van der Waals surface area contributed by atoms with Crippen molar-refractivity contribution in [3.8, 4) is 5.75 Å². The van der Waals surface area contributed by atoms with Crippen molar-refractivity contribution < 1.29 is 14.6 Å². The smallest absolute Gasteiger partial charge is 0.410 e. The van der Waals surface area contributed by atoms with Gasteiger partial charge in [-0.2, -0.15) is 0 Å². The Morgan fingerprint density at radius 2 is 2.25 bits per heavy atom. The van der Waals surface area contributed by atoms with Crippen LogP contribution in [0.4, 0.5) is 4.79 Å². The third-order valence-electron chi connectivity index (χ3n) is 4.22. The van der Waals surface area contributed by atoms with Crippen LogP contribution in [-0.2, 0) is 11.3 Å². The molecule has 2 aliphatic heterocycles. The molecule has 2 N–H and O–H groups in total. The Morgan fingerprint density at radius 3 is 3.00 bits per heavy atom. The molecule has 2 fully saturated rings. The van der Waals surface area contributed by atoms with Gasteiger partial charge in [-0.25, -0.2) is 4.79 Å². The Bertz CT molecular complexity index is 486. The van der Waals surface area contributed by atoms with Crippen LogP contribution in [0.5, 0.6) is 5.75 Å². The first kappa shape index (κ1) is 13.2. The second-order valence-electron chi connectivity index (χ2n) is 5.51. The van der Waals surface area contributed by atoms with Gasteiger partial charge in [-0.3, -0.25) is 4.90 Å². The summed E-state index contributed by atoms with van der Waals surface area (Å²) < 4.78 is 5.22. The zero-order valence-electron chi connectivity index (χ0n) is 11.4. The fraction of sp³-hybridized carbons (Fsp3) is 0.533. The molecule has 3 rings (SSSR count). The number of hydrogen-bond acceptors (Lipinski definition) is 4. The summed E-state index contributed by atoms with van der Waals surface area (Å²) in [5, 5.41) is 13.2. The van der Waals surface area contributed by atoms with Gasteiger partial charge in [-0.15, -0.1) is 0 Å². The van der Waals surface area contributed by atoms with Gasteiger partial charge in [0, 0.05) is 12.1 Å². The Kier molecular flexibility index (Phi) is 3.78. The number of amides is 1. The highest BCUT2D eigenvalue weighted by Gasteiger charge is 2.38. The highest BCUT2D eigenvalue weighted by molar-refractivity contribution is 5.70. The minimum Gasteiger partial charge on any atom is -0.508 e. The molecule has 20 heavy (non-hydrogen) atoms. The van der Waals surface area contributed by atoms with Crippen LogP contribution in [0.2, 0.25) is 0 Å². The summed E-state index contributed by atoms with van der Waals surface area (Å²) >= 11 is 0. The molecule has 1 amide bonds. The van der Waals surface area contributed by atoms with E-state index in [1.54, 1.807) is 17.0 Å². The number of hydrogen-bond donors (Lipinski definition) is 2. The third kappa shape index (κ3) is 2.58. The second-order valence-corrected chi connectivity index (χ2v) is 5.51. The van der Waals surface area contributed by atoms with E-state index in [1.807, 2.05) is 12.1 Å². The number of nitrogens with zero attached hydrogens (tertiary/aromatic N) is 1. The van der Waals surface area contributed by atoms with Crippen LogP contribution in [0.1, 0.15) is 18.4 Å². The lowest BCUT2D eigenvalue weighted by atomic mass is 9.91. The summed E-state index contributed by atoms with van der Waals surface area (Å²) in [7, 11) is 0. The number of carbonyl (C=O) groups is 1. The van der Waals surface area contributed by atoms with Crippen molar-refractivity contribution in [2.45, 2.75) is 25.4 Å². The van der Waals surface area contributed by atoms with Gasteiger partial charge in [0.25, 0.3) is 0 Å². The van der Waals surface area contributed by atoms with Crippen LogP contribution in [0, 0.1) is 5.92 Å². The van der Waals surface area contributed by atoms with Crippen molar-refractivity contribution in [2.75, 3.05) is 19.7 Å². The van der Waals surface area contributed by atoms with E-state index in [1.165, 1.54) is 0 Å². The molecule has 2 aliphatic rings. The lowest BCUT2D eigenvalue weighted by Gasteiger charge is -2.32. The molecule has 108 valence electrons. The predicted octanol–water partition coefficient (Wildman–Crippen LogP) is 1.71. The second kappa shape index (κ2) is 5.71. The van der Waals surface area contributed by atoms with E-state index in [-0.39, 0.29) is 17.9 Å². The molecule has 1 aromatic rings. The number of piperidine rings is 1. The average molecular weight is 276 g/mol. The topological polar surface area (TPSA) is 61.8 Å². The first-order valence-corrected chi connectivity index (χ1v) is 7.16. The largest absolute Gasteiger partial charge is 0.508 e. The molecular formula is C15H20N2O3. The zero-order valence-corrected chi connectivity index (χ0v) is 11.4. The molecule has 1 aromatic carbocycles. The number of phenolic OH excluding ortho intramolecular Hbond substituents is 1. The Balaban J connectivity index is 1.75. The van der Waals surface area contributed by atoms with E-state index >= 15 is 0 Å². The lowest BCUT2D eigenvalue weighted by molar-refractivity contribution is 0.151. The molecule has 2 atom stereocenters. The molecule has 0 bridgehead atoms. The van der Waals surface area contributed by atoms with Crippen molar-refractivity contribution in [2.24, 2.45) is 5.92 Å². The van der Waals surface area contributed by atoms with Crippen LogP contribution in [0.3, 0.4) is 0 Å². The van der Waals surface area contributed by atoms with E-state index in [2.05, 4.69) is 5.32 Å². The standard InChI is InChI=1S/C15H20N2O3/c18-14-6-2-1-4-12(14)9-17-13(10-20-15(17)19)11-5-3-7-16-8-11/h1-2,4,6,11,13,16,18H,3,5,7-10H2. The van der Waals surface area contributed by atoms with Gasteiger partial charge in [0.15, 0.2) is 0 Å². The van der Waals surface area contributed by atoms with Gasteiger partial charge >= 0.3 is 6.09 Å². The molecule has 0 saturated carbocycles. The van der Waals surface area contributed by atoms with Crippen molar-refractivity contribution in [1.82, 2.24) is 10.2 Å². The quantitative estimate of drug-likeness (QED) is 0.882. The number of nitrogens with one attached hydrogen (secondary N) is 1. The van der Waals surface area contributed by atoms with E-state index in [9.17, 15) is 9.90 Å². The van der Waals surface area contributed by atoms with Crippen LogP contribution in [0.15, 0.2) is 24.3 Å². The van der Waals surface area contributed by atoms with Gasteiger partial charge < -0.3 is 15.2 Å². The number of benzene rings is 1. The fourth-order valence-corrected chi connectivity index (χ4v) is 3.07. The molecule has 0 radical (unpaired) electrons. The van der Waals surface area contributed by atoms with Crippen LogP contribution >= 0.6 is 0 Å². The van der Waals surface area contributed by atoms with Crippen molar-refractivity contribution in [3.63, 3.8) is 0 Å². The van der Waals surface area contributed by atoms with Crippen LogP contribution in [0.25, 0.3) is 0 Å². The Morgan fingerprint density at radius 1 is 1.40 bits per heavy atom. The van der Waals surface area contributed by atoms with Crippen molar-refractivity contribution in [3.05, 3.63) is 29.8 Å². The van der Waals surface area contributed by atoms with Gasteiger partial charge in [-0.1, -0.05) is 18.2 Å². The number of rotatable bonds is 3. The van der Waals surface area contributed by atoms with E-state index in [0.717, 1.165) is 31.5 Å². The molecule has 5 nitrogen and oxygen atoms in total. The fourth-order valence-electron chi connectivity index (χ4n) is 3.07. The number of phenols is 1. The molecule has 2 saturated heterocycles. The first-order chi connectivity index (χ1) is 9.75. The van der Waals surface area contributed by atoms with Gasteiger partial charge in [0.05, 0.1) is 12.6 Å². The van der Waals surface area contributed by atoms with Crippen LogP contribution < -0.4 is 5.32 Å². The maximum Gasteiger partial charge on any atom is 0.410 e. The summed E-state index contributed by atoms with van der Waals surface area (Å²) in [6, 6.07) is 7.25. The highest BCUT2D eigenvalue weighted by atomic mass is 16.6. The predicted molar refractivity (Wildman–Crippen MR) is 74.4 cm³/mol. The Labute approximate surface area is 118 Å². The first-order valence-electron chi connectivity index (χ1n) is 7.16. The highest BCUT2D eigenvalue weighted by Crippen LogP contribution is 2.28. The molecule has 2 heterocycles. The SMILES string of the molecule is O=C1OCC(C2CCCNC2)N1Cc1ccccc1O. The van der Waals surface area contributed by atoms with Crippen molar-refractivity contribution in [1.29, 1.82) is 0 Å². The zero-order chi connectivity index (χ0) is 13.9. The normalized spacial score (nSPS) is 26.6. The maximum atomic E-state index is 11.9. The summed E-state index contributed by atoms with van der Waals surface area (Å²) in [6.45, 7) is 2.85. The summed E-state index contributed by atoms with van der Waals surface area (Å²) in [4.78, 5) is 13.7. The Hall–Kier alpha value is -1.75. The summed E-state index contributed by atoms with van der Waals surface area (Å²) in [6.07, 6.45) is 1.98. The lowest BCUT2D eigenvalue weighted by Crippen LogP contribution is -2.45. The molecule has 5 heteroatoms. The number of cyclic esters (lactones) is 1. The minimum absolute atomic E-state index is 0.106. The van der Waals surface area contributed by atoms with E-state index in [0.29, 0.717) is 19.1 Å². The summed E-state index contributed by atoms with van der Waals surface area (Å²) in [5.74, 6) is 0.661. The maximum absolute atomic E-state index is 11.9. The molecule has 0 spiro atoms. The minimum atomic E-state index is -0.274. The monoisotopic (exact) mass is 276 g/mol. The third-order valence-corrected chi connectivity index (χ3v) is 4.22. The average Bonchev–Trinajstić information content (AvgIpc) is 2.84. The van der Waals surface area contributed by atoms with Gasteiger partial charge in [0.2, 0.25) is 0 Å². The van der Waals surface area contributed by atoms with Gasteiger partial charge in [-0.05, 0) is 31.4 Å². The van der Waals surface area contributed by atoms with Crippen LogP contribution in [-0.4, -0.2) is 41.8 Å². The van der Waals surface area contributed by atoms with E-state index in [4.69, 9.17) is 4.74 Å². The number of ether oxygens (including phenoxy) is 1. The molecule has 0 aromatic heterocycles. The van der Waals surface area contributed by atoms with E-state index < -0.39 is 0 Å². The number of para-hydroxylation sites is 1. The molecule has 0 aliphatic carbocycles. The number of aromatic hydroxyl groups is 1. The number of carbonyl (C=O) groups excluding carboxylic acids is 1. The molecular weight excluding hydrogens is 256 g/mol. The molecule has 2 unspecified atom stereocenters. The van der Waals surface area contributed by atoms with Gasteiger partial charge in [0.1, 0.15) is 12.4 Å². The van der Waals surface area contributed by atoms with Crippen molar-refractivity contribution >= 4 is 6.09 Å².